The Morgan fingerprint density at radius 1 is 0.368 bits per heavy atom. The van der Waals surface area contributed by atoms with Gasteiger partial charge in [-0.3, -0.25) is 0 Å². The predicted molar refractivity (Wildman–Crippen MR) is 152 cm³/mol. The van der Waals surface area contributed by atoms with Crippen LogP contribution in [0.2, 0.25) is 0 Å². The van der Waals surface area contributed by atoms with E-state index in [1.165, 1.54) is 0 Å². The largest absolute Gasteiger partial charge is 0.208 e. The van der Waals surface area contributed by atoms with E-state index < -0.39 is 0 Å². The molecule has 0 atom stereocenters. The van der Waals surface area contributed by atoms with Crippen LogP contribution in [0, 0.1) is 11.3 Å². The molecule has 4 nitrogen and oxygen atoms in total. The van der Waals surface area contributed by atoms with E-state index in [4.69, 9.17) is 15.0 Å². The van der Waals surface area contributed by atoms with Crippen molar-refractivity contribution in [1.29, 1.82) is 5.26 Å². The molecule has 1 heterocycles. The predicted octanol–water partition coefficient (Wildman–Crippen LogP) is 8.08. The number of rotatable bonds is 5. The molecule has 4 heteroatoms. The summed E-state index contributed by atoms with van der Waals surface area (Å²) in [5, 5.41) is 9.30. The van der Waals surface area contributed by atoms with Crippen LogP contribution >= 0.6 is 0 Å². The minimum absolute atomic E-state index is 0.623. The third-order valence-corrected chi connectivity index (χ3v) is 6.34. The van der Waals surface area contributed by atoms with Crippen molar-refractivity contribution in [3.05, 3.63) is 139 Å². The van der Waals surface area contributed by atoms with Crippen molar-refractivity contribution >= 4 is 0 Å². The molecule has 1 aromatic heterocycles. The summed E-state index contributed by atoms with van der Waals surface area (Å²) < 4.78 is 0. The Labute approximate surface area is 221 Å². The van der Waals surface area contributed by atoms with Crippen LogP contribution in [-0.4, -0.2) is 15.0 Å². The molecule has 5 aromatic carbocycles. The molecule has 0 saturated carbocycles. The highest BCUT2D eigenvalue weighted by molar-refractivity contribution is 5.76. The fraction of sp³-hybridized carbons (Fsp3) is 0. The lowest BCUT2D eigenvalue weighted by molar-refractivity contribution is 1.07. The molecule has 6 aromatic rings. The summed E-state index contributed by atoms with van der Waals surface area (Å²) in [4.78, 5) is 14.5. The van der Waals surface area contributed by atoms with Gasteiger partial charge in [0, 0.05) is 16.7 Å². The van der Waals surface area contributed by atoms with Crippen LogP contribution in [-0.2, 0) is 0 Å². The molecule has 0 radical (unpaired) electrons. The topological polar surface area (TPSA) is 62.5 Å². The molecule has 0 aliphatic carbocycles. The van der Waals surface area contributed by atoms with Gasteiger partial charge in [0.2, 0.25) is 0 Å². The number of aromatic nitrogens is 3. The van der Waals surface area contributed by atoms with Gasteiger partial charge in [-0.05, 0) is 46.5 Å². The minimum atomic E-state index is 0.623. The molecule has 0 spiro atoms. The minimum Gasteiger partial charge on any atom is -0.208 e. The number of nitriles is 1. The molecular weight excluding hydrogens is 464 g/mol. The zero-order valence-corrected chi connectivity index (χ0v) is 20.5. The number of benzene rings is 5. The third kappa shape index (κ3) is 4.82. The summed E-state index contributed by atoms with van der Waals surface area (Å²) >= 11 is 0. The Morgan fingerprint density at radius 2 is 0.737 bits per heavy atom. The summed E-state index contributed by atoms with van der Waals surface area (Å²) in [6, 6.07) is 46.5. The fourth-order valence-corrected chi connectivity index (χ4v) is 4.42. The van der Waals surface area contributed by atoms with E-state index in [9.17, 15) is 5.26 Å². The monoisotopic (exact) mass is 486 g/mol. The Hall–Kier alpha value is -5.40. The first-order valence-corrected chi connectivity index (χ1v) is 12.4. The second-order valence-electron chi connectivity index (χ2n) is 8.89. The molecule has 0 unspecified atom stereocenters. The quantitative estimate of drug-likeness (QED) is 0.247. The number of hydrogen-bond acceptors (Lipinski definition) is 4. The zero-order valence-electron chi connectivity index (χ0n) is 20.5. The van der Waals surface area contributed by atoms with Crippen molar-refractivity contribution < 1.29 is 0 Å². The van der Waals surface area contributed by atoms with Gasteiger partial charge in [0.05, 0.1) is 11.6 Å². The lowest BCUT2D eigenvalue weighted by atomic mass is 9.97. The number of hydrogen-bond donors (Lipinski definition) is 0. The molecule has 0 aliphatic rings. The maximum atomic E-state index is 9.30. The van der Waals surface area contributed by atoms with Gasteiger partial charge in [-0.1, -0.05) is 109 Å². The van der Waals surface area contributed by atoms with Gasteiger partial charge in [-0.15, -0.1) is 0 Å². The van der Waals surface area contributed by atoms with Crippen molar-refractivity contribution in [2.45, 2.75) is 0 Å². The fourth-order valence-electron chi connectivity index (χ4n) is 4.42. The number of nitrogens with zero attached hydrogens (tertiary/aromatic N) is 4. The first-order chi connectivity index (χ1) is 18.8. The first-order valence-electron chi connectivity index (χ1n) is 12.4. The maximum Gasteiger partial charge on any atom is 0.164 e. The third-order valence-electron chi connectivity index (χ3n) is 6.34. The average molecular weight is 487 g/mol. The standard InChI is InChI=1S/C34H22N4/c35-23-24-10-7-15-27(20-24)28-16-8-17-29(21-28)30-18-9-19-31(22-30)34-37-32(25-11-3-1-4-12-25)36-33(38-34)26-13-5-2-6-14-26/h1-22H. The van der Waals surface area contributed by atoms with Crippen LogP contribution in [0.3, 0.4) is 0 Å². The van der Waals surface area contributed by atoms with E-state index in [2.05, 4.69) is 36.4 Å². The van der Waals surface area contributed by atoms with E-state index >= 15 is 0 Å². The Bertz CT molecular complexity index is 1710. The molecular formula is C34H22N4. The smallest absolute Gasteiger partial charge is 0.164 e. The van der Waals surface area contributed by atoms with Gasteiger partial charge >= 0.3 is 0 Å². The van der Waals surface area contributed by atoms with Crippen molar-refractivity contribution in [2.75, 3.05) is 0 Å². The molecule has 38 heavy (non-hydrogen) atoms. The highest BCUT2D eigenvalue weighted by atomic mass is 15.0. The normalized spacial score (nSPS) is 10.6. The van der Waals surface area contributed by atoms with E-state index in [1.807, 2.05) is 103 Å². The zero-order chi connectivity index (χ0) is 25.7. The maximum absolute atomic E-state index is 9.30. The van der Waals surface area contributed by atoms with Crippen molar-refractivity contribution in [3.63, 3.8) is 0 Å². The van der Waals surface area contributed by atoms with Crippen molar-refractivity contribution in [1.82, 2.24) is 15.0 Å². The summed E-state index contributed by atoms with van der Waals surface area (Å²) in [5.41, 5.74) is 7.65. The first kappa shape index (κ1) is 23.0. The lowest BCUT2D eigenvalue weighted by Gasteiger charge is -2.10. The van der Waals surface area contributed by atoms with Gasteiger partial charge in [0.15, 0.2) is 17.5 Å². The average Bonchev–Trinajstić information content (AvgIpc) is 3.02. The molecule has 0 aliphatic heterocycles. The van der Waals surface area contributed by atoms with E-state index in [1.54, 1.807) is 0 Å². The molecule has 0 amide bonds. The molecule has 0 bridgehead atoms. The lowest BCUT2D eigenvalue weighted by Crippen LogP contribution is -2.00. The Kier molecular flexibility index (Phi) is 6.24. The molecule has 0 saturated heterocycles. The molecule has 0 fully saturated rings. The summed E-state index contributed by atoms with van der Waals surface area (Å²) in [7, 11) is 0. The van der Waals surface area contributed by atoms with Gasteiger partial charge in [-0.25, -0.2) is 15.0 Å². The van der Waals surface area contributed by atoms with Crippen molar-refractivity contribution in [2.24, 2.45) is 0 Å². The van der Waals surface area contributed by atoms with Gasteiger partial charge in [0.1, 0.15) is 0 Å². The van der Waals surface area contributed by atoms with Crippen LogP contribution in [0.5, 0.6) is 0 Å². The van der Waals surface area contributed by atoms with Crippen LogP contribution < -0.4 is 0 Å². The van der Waals surface area contributed by atoms with Crippen LogP contribution in [0.4, 0.5) is 0 Å². The van der Waals surface area contributed by atoms with Crippen LogP contribution in [0.25, 0.3) is 56.4 Å². The Morgan fingerprint density at radius 3 is 1.24 bits per heavy atom. The second-order valence-corrected chi connectivity index (χ2v) is 8.89. The summed E-state index contributed by atoms with van der Waals surface area (Å²) in [6.07, 6.45) is 0. The van der Waals surface area contributed by atoms with Gasteiger partial charge < -0.3 is 0 Å². The van der Waals surface area contributed by atoms with Crippen LogP contribution in [0.15, 0.2) is 133 Å². The molecule has 0 N–H and O–H groups in total. The van der Waals surface area contributed by atoms with Gasteiger partial charge in [0.25, 0.3) is 0 Å². The highest BCUT2D eigenvalue weighted by Gasteiger charge is 2.13. The summed E-state index contributed by atoms with van der Waals surface area (Å²) in [5.74, 6) is 1.90. The van der Waals surface area contributed by atoms with Gasteiger partial charge in [-0.2, -0.15) is 5.26 Å². The van der Waals surface area contributed by atoms with E-state index in [0.29, 0.717) is 23.0 Å². The summed E-state index contributed by atoms with van der Waals surface area (Å²) in [6.45, 7) is 0. The van der Waals surface area contributed by atoms with Crippen LogP contribution in [0.1, 0.15) is 5.56 Å². The Balaban J connectivity index is 1.44. The van der Waals surface area contributed by atoms with E-state index in [-0.39, 0.29) is 0 Å². The van der Waals surface area contributed by atoms with Crippen molar-refractivity contribution in [3.8, 4) is 62.5 Å². The SMILES string of the molecule is N#Cc1cccc(-c2cccc(-c3cccc(-c4nc(-c5ccccc5)nc(-c5ccccc5)n4)c3)c2)c1. The molecule has 6 rings (SSSR count). The second kappa shape index (κ2) is 10.3. The van der Waals surface area contributed by atoms with E-state index in [0.717, 1.165) is 38.9 Å². The highest BCUT2D eigenvalue weighted by Crippen LogP contribution is 2.30. The molecule has 178 valence electrons.